The molecule has 1 saturated heterocycles. The summed E-state index contributed by atoms with van der Waals surface area (Å²) in [5.74, 6) is -0.107. The van der Waals surface area contributed by atoms with E-state index >= 15 is 0 Å². The van der Waals surface area contributed by atoms with Crippen LogP contribution in [-0.2, 0) is 11.3 Å². The van der Waals surface area contributed by atoms with E-state index in [9.17, 15) is 9.59 Å². The number of amides is 2. The van der Waals surface area contributed by atoms with E-state index in [1.54, 1.807) is 17.3 Å². The first-order valence-electron chi connectivity index (χ1n) is 10.5. The van der Waals surface area contributed by atoms with Crippen LogP contribution >= 0.6 is 11.3 Å². The van der Waals surface area contributed by atoms with Crippen LogP contribution < -0.4 is 0 Å². The SMILES string of the molecule is Cc1nc(-c2cccnc2)sc1C(=O)N1CCCC(C(=O)N(C)Cc2ccccc2)C1. The molecule has 0 saturated carbocycles. The number of hydrogen-bond donors (Lipinski definition) is 0. The predicted octanol–water partition coefficient (Wildman–Crippen LogP) is 4.02. The lowest BCUT2D eigenvalue weighted by atomic mass is 9.96. The number of aromatic nitrogens is 2. The van der Waals surface area contributed by atoms with Crippen LogP contribution in [0.2, 0.25) is 0 Å². The van der Waals surface area contributed by atoms with Crippen LogP contribution in [-0.4, -0.2) is 51.7 Å². The number of piperidine rings is 1. The standard InChI is InChI=1S/C24H26N4O2S/c1-17-21(31-22(26-17)19-10-6-12-25-14-19)24(30)28-13-7-11-20(16-28)23(29)27(2)15-18-8-4-3-5-9-18/h3-6,8-10,12,14,20H,7,11,13,15-16H2,1-2H3. The molecule has 31 heavy (non-hydrogen) atoms. The van der Waals surface area contributed by atoms with Gasteiger partial charge < -0.3 is 9.80 Å². The Labute approximate surface area is 186 Å². The largest absolute Gasteiger partial charge is 0.341 e. The smallest absolute Gasteiger partial charge is 0.265 e. The maximum Gasteiger partial charge on any atom is 0.265 e. The van der Waals surface area contributed by atoms with Crippen LogP contribution in [0.3, 0.4) is 0 Å². The minimum absolute atomic E-state index is 0.0339. The first-order valence-corrected chi connectivity index (χ1v) is 11.3. The number of carbonyl (C=O) groups excluding carboxylic acids is 2. The average Bonchev–Trinajstić information content (AvgIpc) is 3.21. The Kier molecular flexibility index (Phi) is 6.42. The van der Waals surface area contributed by atoms with E-state index in [4.69, 9.17) is 0 Å². The van der Waals surface area contributed by atoms with Crippen LogP contribution in [0.15, 0.2) is 54.9 Å². The molecule has 2 aromatic heterocycles. The van der Waals surface area contributed by atoms with Gasteiger partial charge in [0, 0.05) is 44.6 Å². The van der Waals surface area contributed by atoms with Gasteiger partial charge in [0.05, 0.1) is 11.6 Å². The van der Waals surface area contributed by atoms with Crippen molar-refractivity contribution in [1.29, 1.82) is 0 Å². The molecule has 7 heteroatoms. The minimum Gasteiger partial charge on any atom is -0.341 e. The van der Waals surface area contributed by atoms with Gasteiger partial charge in [-0.3, -0.25) is 14.6 Å². The third-order valence-corrected chi connectivity index (χ3v) is 6.79. The van der Waals surface area contributed by atoms with Gasteiger partial charge in [-0.05, 0) is 37.5 Å². The third kappa shape index (κ3) is 4.82. The molecule has 0 spiro atoms. The first kappa shape index (κ1) is 21.2. The molecule has 3 heterocycles. The summed E-state index contributed by atoms with van der Waals surface area (Å²) in [6, 6.07) is 13.8. The molecule has 0 aliphatic carbocycles. The lowest BCUT2D eigenvalue weighted by molar-refractivity contribution is -0.136. The van der Waals surface area contributed by atoms with Crippen molar-refractivity contribution in [3.8, 4) is 10.6 Å². The van der Waals surface area contributed by atoms with Crippen LogP contribution in [0.4, 0.5) is 0 Å². The van der Waals surface area contributed by atoms with Gasteiger partial charge in [-0.1, -0.05) is 30.3 Å². The summed E-state index contributed by atoms with van der Waals surface area (Å²) >= 11 is 1.39. The summed E-state index contributed by atoms with van der Waals surface area (Å²) in [5.41, 5.74) is 2.73. The lowest BCUT2D eigenvalue weighted by Crippen LogP contribution is -2.45. The zero-order valence-electron chi connectivity index (χ0n) is 17.8. The number of aryl methyl sites for hydroxylation is 1. The van der Waals surface area contributed by atoms with Gasteiger partial charge in [0.2, 0.25) is 5.91 Å². The van der Waals surface area contributed by atoms with Crippen molar-refractivity contribution in [2.45, 2.75) is 26.3 Å². The number of pyridine rings is 1. The van der Waals surface area contributed by atoms with E-state index in [2.05, 4.69) is 9.97 Å². The fraction of sp³-hybridized carbons (Fsp3) is 0.333. The summed E-state index contributed by atoms with van der Waals surface area (Å²) < 4.78 is 0. The van der Waals surface area contributed by atoms with E-state index in [-0.39, 0.29) is 17.7 Å². The Hall–Kier alpha value is -3.06. The van der Waals surface area contributed by atoms with Crippen molar-refractivity contribution in [3.63, 3.8) is 0 Å². The Morgan fingerprint density at radius 2 is 2.00 bits per heavy atom. The molecular weight excluding hydrogens is 408 g/mol. The number of nitrogens with zero attached hydrogens (tertiary/aromatic N) is 4. The van der Waals surface area contributed by atoms with E-state index in [0.717, 1.165) is 34.7 Å². The van der Waals surface area contributed by atoms with Crippen LogP contribution in [0.1, 0.15) is 33.8 Å². The summed E-state index contributed by atoms with van der Waals surface area (Å²) in [7, 11) is 1.84. The Morgan fingerprint density at radius 1 is 1.19 bits per heavy atom. The highest BCUT2D eigenvalue weighted by atomic mass is 32.1. The van der Waals surface area contributed by atoms with Gasteiger partial charge in [-0.15, -0.1) is 11.3 Å². The van der Waals surface area contributed by atoms with E-state index < -0.39 is 0 Å². The van der Waals surface area contributed by atoms with E-state index in [1.165, 1.54) is 11.3 Å². The molecule has 3 aromatic rings. The molecule has 4 rings (SSSR count). The van der Waals surface area contributed by atoms with Crippen molar-refractivity contribution in [2.75, 3.05) is 20.1 Å². The molecule has 1 aliphatic heterocycles. The Balaban J connectivity index is 1.44. The topological polar surface area (TPSA) is 66.4 Å². The molecule has 160 valence electrons. The number of rotatable bonds is 5. The van der Waals surface area contributed by atoms with Crippen molar-refractivity contribution in [1.82, 2.24) is 19.8 Å². The van der Waals surface area contributed by atoms with Gasteiger partial charge in [0.25, 0.3) is 5.91 Å². The minimum atomic E-state index is -0.169. The van der Waals surface area contributed by atoms with Gasteiger partial charge in [0.1, 0.15) is 9.88 Å². The lowest BCUT2D eigenvalue weighted by Gasteiger charge is -2.34. The Morgan fingerprint density at radius 3 is 2.74 bits per heavy atom. The van der Waals surface area contributed by atoms with Gasteiger partial charge in [0.15, 0.2) is 0 Å². The molecule has 1 aliphatic rings. The maximum absolute atomic E-state index is 13.3. The molecule has 0 radical (unpaired) electrons. The summed E-state index contributed by atoms with van der Waals surface area (Å²) in [4.78, 5) is 39.2. The molecule has 6 nitrogen and oxygen atoms in total. The number of carbonyl (C=O) groups is 2. The summed E-state index contributed by atoms with van der Waals surface area (Å²) in [5, 5.41) is 0.793. The quantitative estimate of drug-likeness (QED) is 0.608. The van der Waals surface area contributed by atoms with Crippen LogP contribution in [0, 0.1) is 12.8 Å². The number of benzene rings is 1. The highest BCUT2D eigenvalue weighted by Crippen LogP contribution is 2.30. The summed E-state index contributed by atoms with van der Waals surface area (Å²) in [6.45, 7) is 3.57. The van der Waals surface area contributed by atoms with Crippen molar-refractivity contribution in [3.05, 3.63) is 71.0 Å². The molecular formula is C24H26N4O2S. The monoisotopic (exact) mass is 434 g/mol. The third-order valence-electron chi connectivity index (χ3n) is 5.60. The average molecular weight is 435 g/mol. The highest BCUT2D eigenvalue weighted by Gasteiger charge is 2.32. The fourth-order valence-electron chi connectivity index (χ4n) is 3.96. The molecule has 1 fully saturated rings. The van der Waals surface area contributed by atoms with Crippen LogP contribution in [0.5, 0.6) is 0 Å². The molecule has 1 aromatic carbocycles. The van der Waals surface area contributed by atoms with E-state index in [0.29, 0.717) is 24.5 Å². The maximum atomic E-state index is 13.3. The highest BCUT2D eigenvalue weighted by molar-refractivity contribution is 7.17. The second-order valence-corrected chi connectivity index (χ2v) is 8.94. The van der Waals surface area contributed by atoms with Crippen molar-refractivity contribution in [2.24, 2.45) is 5.92 Å². The van der Waals surface area contributed by atoms with Crippen molar-refractivity contribution >= 4 is 23.2 Å². The fourth-order valence-corrected chi connectivity index (χ4v) is 4.99. The second-order valence-electron chi connectivity index (χ2n) is 7.95. The second kappa shape index (κ2) is 9.39. The molecule has 0 N–H and O–H groups in total. The van der Waals surface area contributed by atoms with E-state index in [1.807, 2.05) is 61.3 Å². The Bertz CT molecular complexity index is 1050. The van der Waals surface area contributed by atoms with Gasteiger partial charge in [-0.25, -0.2) is 4.98 Å². The molecule has 0 bridgehead atoms. The molecule has 2 amide bonds. The summed E-state index contributed by atoms with van der Waals surface area (Å²) in [6.07, 6.45) is 5.11. The number of likely N-dealkylation sites (tertiary alicyclic amines) is 1. The zero-order chi connectivity index (χ0) is 21.8. The normalized spacial score (nSPS) is 16.2. The zero-order valence-corrected chi connectivity index (χ0v) is 18.6. The molecule has 1 atom stereocenters. The van der Waals surface area contributed by atoms with Gasteiger partial charge >= 0.3 is 0 Å². The predicted molar refractivity (Wildman–Crippen MR) is 122 cm³/mol. The van der Waals surface area contributed by atoms with Gasteiger partial charge in [-0.2, -0.15) is 0 Å². The number of hydrogen-bond acceptors (Lipinski definition) is 5. The van der Waals surface area contributed by atoms with Crippen molar-refractivity contribution < 1.29 is 9.59 Å². The first-order chi connectivity index (χ1) is 15.0. The number of thiazole rings is 1. The van der Waals surface area contributed by atoms with Crippen LogP contribution in [0.25, 0.3) is 10.6 Å². The molecule has 1 unspecified atom stereocenters.